The third kappa shape index (κ3) is 4.04. The van der Waals surface area contributed by atoms with Crippen LogP contribution in [0.15, 0.2) is 35.7 Å². The van der Waals surface area contributed by atoms with Gasteiger partial charge < -0.3 is 9.84 Å². The smallest absolute Gasteiger partial charge is 0.238 e. The molecule has 1 aromatic carbocycles. The number of ether oxygens (including phenoxy) is 1. The average molecular weight is 335 g/mol. The number of hydrogen-bond acceptors (Lipinski definition) is 5. The molecule has 7 heteroatoms. The molecule has 0 amide bonds. The van der Waals surface area contributed by atoms with E-state index in [0.717, 1.165) is 19.3 Å². The maximum absolute atomic E-state index is 11.3. The second kappa shape index (κ2) is 7.33. The Bertz CT molecular complexity index is 689. The summed E-state index contributed by atoms with van der Waals surface area (Å²) in [6, 6.07) is 8.32. The van der Waals surface area contributed by atoms with Gasteiger partial charge in [0.05, 0.1) is 36.2 Å². The lowest BCUT2D eigenvalue weighted by Crippen LogP contribution is -2.24. The zero-order chi connectivity index (χ0) is 16.2. The van der Waals surface area contributed by atoms with Gasteiger partial charge in [-0.05, 0) is 30.4 Å². The largest absolute Gasteiger partial charge is 0.389 e. The van der Waals surface area contributed by atoms with Crippen LogP contribution in [0.2, 0.25) is 0 Å². The molecular formula is C16H21N3O3S. The highest BCUT2D eigenvalue weighted by atomic mass is 32.2. The van der Waals surface area contributed by atoms with Gasteiger partial charge in [0.1, 0.15) is 6.33 Å². The predicted molar refractivity (Wildman–Crippen MR) is 86.4 cm³/mol. The van der Waals surface area contributed by atoms with Crippen LogP contribution in [0.3, 0.4) is 0 Å². The van der Waals surface area contributed by atoms with Crippen molar-refractivity contribution in [3.05, 3.63) is 41.7 Å². The van der Waals surface area contributed by atoms with Gasteiger partial charge in [-0.1, -0.05) is 24.3 Å². The van der Waals surface area contributed by atoms with Crippen LogP contribution in [0.4, 0.5) is 0 Å². The Morgan fingerprint density at radius 1 is 1.48 bits per heavy atom. The van der Waals surface area contributed by atoms with Crippen molar-refractivity contribution in [2.24, 2.45) is 0 Å². The SMILES string of the molecule is C[S@](=O)c1ncn(C[C@@H](O)CO[C@@H]2CCCc3ccccc32)n1. The molecule has 0 aliphatic heterocycles. The lowest BCUT2D eigenvalue weighted by molar-refractivity contribution is -0.0236. The molecule has 0 bridgehead atoms. The normalized spacial score (nSPS) is 20.0. The number of aryl methyl sites for hydroxylation is 1. The molecule has 3 rings (SSSR count). The molecule has 0 spiro atoms. The summed E-state index contributed by atoms with van der Waals surface area (Å²) < 4.78 is 18.7. The van der Waals surface area contributed by atoms with Gasteiger partial charge in [-0.15, -0.1) is 5.10 Å². The number of aliphatic hydroxyl groups excluding tert-OH is 1. The van der Waals surface area contributed by atoms with Gasteiger partial charge in [0.2, 0.25) is 5.16 Å². The molecule has 1 N–H and O–H groups in total. The van der Waals surface area contributed by atoms with Crippen molar-refractivity contribution in [2.75, 3.05) is 12.9 Å². The summed E-state index contributed by atoms with van der Waals surface area (Å²) in [6.07, 6.45) is 5.55. The fourth-order valence-electron chi connectivity index (χ4n) is 2.88. The van der Waals surface area contributed by atoms with E-state index >= 15 is 0 Å². The molecule has 1 aliphatic carbocycles. The fourth-order valence-corrected chi connectivity index (χ4v) is 3.29. The molecule has 0 saturated carbocycles. The van der Waals surface area contributed by atoms with Gasteiger partial charge in [0.15, 0.2) is 0 Å². The zero-order valence-corrected chi connectivity index (χ0v) is 13.9. The molecule has 0 fully saturated rings. The summed E-state index contributed by atoms with van der Waals surface area (Å²) in [5, 5.41) is 14.5. The van der Waals surface area contributed by atoms with Crippen LogP contribution in [0.25, 0.3) is 0 Å². The molecule has 0 radical (unpaired) electrons. The van der Waals surface area contributed by atoms with Crippen molar-refractivity contribution < 1.29 is 14.1 Å². The van der Waals surface area contributed by atoms with Crippen molar-refractivity contribution in [3.63, 3.8) is 0 Å². The minimum atomic E-state index is -1.21. The monoisotopic (exact) mass is 335 g/mol. The van der Waals surface area contributed by atoms with E-state index in [1.165, 1.54) is 28.4 Å². The summed E-state index contributed by atoms with van der Waals surface area (Å²) in [7, 11) is -1.21. The molecule has 3 atom stereocenters. The molecular weight excluding hydrogens is 314 g/mol. The van der Waals surface area contributed by atoms with Crippen LogP contribution in [0.1, 0.15) is 30.1 Å². The zero-order valence-electron chi connectivity index (χ0n) is 13.1. The average Bonchev–Trinajstić information content (AvgIpc) is 3.01. The summed E-state index contributed by atoms with van der Waals surface area (Å²) in [6.45, 7) is 0.516. The third-order valence-electron chi connectivity index (χ3n) is 3.97. The Labute approximate surface area is 138 Å². The maximum Gasteiger partial charge on any atom is 0.238 e. The summed E-state index contributed by atoms with van der Waals surface area (Å²) in [5.41, 5.74) is 2.57. The summed E-state index contributed by atoms with van der Waals surface area (Å²) in [5.74, 6) is 0. The Morgan fingerprint density at radius 3 is 3.09 bits per heavy atom. The maximum atomic E-state index is 11.3. The van der Waals surface area contributed by atoms with Crippen molar-refractivity contribution in [1.29, 1.82) is 0 Å². The van der Waals surface area contributed by atoms with E-state index in [1.54, 1.807) is 0 Å². The number of aliphatic hydroxyl groups is 1. The van der Waals surface area contributed by atoms with Gasteiger partial charge >= 0.3 is 0 Å². The minimum absolute atomic E-state index is 0.0454. The van der Waals surface area contributed by atoms with E-state index in [-0.39, 0.29) is 24.4 Å². The van der Waals surface area contributed by atoms with Gasteiger partial charge in [-0.2, -0.15) is 0 Å². The first kappa shape index (κ1) is 16.3. The summed E-state index contributed by atoms with van der Waals surface area (Å²) >= 11 is 0. The second-order valence-electron chi connectivity index (χ2n) is 5.77. The third-order valence-corrected chi connectivity index (χ3v) is 4.68. The highest BCUT2D eigenvalue weighted by Crippen LogP contribution is 2.32. The molecule has 1 aromatic heterocycles. The van der Waals surface area contributed by atoms with E-state index in [4.69, 9.17) is 4.74 Å². The van der Waals surface area contributed by atoms with Crippen LogP contribution in [-0.4, -0.2) is 43.0 Å². The molecule has 1 heterocycles. The van der Waals surface area contributed by atoms with E-state index in [0.29, 0.717) is 0 Å². The Hall–Kier alpha value is -1.57. The van der Waals surface area contributed by atoms with E-state index < -0.39 is 16.9 Å². The lowest BCUT2D eigenvalue weighted by atomic mass is 9.89. The van der Waals surface area contributed by atoms with Crippen LogP contribution >= 0.6 is 0 Å². The fraction of sp³-hybridized carbons (Fsp3) is 0.500. The van der Waals surface area contributed by atoms with Crippen molar-refractivity contribution >= 4 is 10.8 Å². The van der Waals surface area contributed by atoms with Crippen molar-refractivity contribution in [3.8, 4) is 0 Å². The number of fused-ring (bicyclic) bond motifs is 1. The predicted octanol–water partition coefficient (Wildman–Crippen LogP) is 1.47. The number of hydrogen-bond donors (Lipinski definition) is 1. The molecule has 124 valence electrons. The highest BCUT2D eigenvalue weighted by Gasteiger charge is 2.21. The first-order valence-electron chi connectivity index (χ1n) is 7.74. The minimum Gasteiger partial charge on any atom is -0.389 e. The first-order chi connectivity index (χ1) is 11.1. The van der Waals surface area contributed by atoms with E-state index in [9.17, 15) is 9.32 Å². The number of nitrogens with zero attached hydrogens (tertiary/aromatic N) is 3. The topological polar surface area (TPSA) is 77.2 Å². The summed E-state index contributed by atoms with van der Waals surface area (Å²) in [4.78, 5) is 3.95. The molecule has 23 heavy (non-hydrogen) atoms. The Balaban J connectivity index is 1.55. The van der Waals surface area contributed by atoms with Crippen molar-refractivity contribution in [1.82, 2.24) is 14.8 Å². The molecule has 0 saturated heterocycles. The van der Waals surface area contributed by atoms with Crippen LogP contribution in [0.5, 0.6) is 0 Å². The number of rotatable bonds is 6. The van der Waals surface area contributed by atoms with Crippen LogP contribution in [-0.2, 0) is 28.5 Å². The van der Waals surface area contributed by atoms with Crippen LogP contribution in [0, 0.1) is 0 Å². The van der Waals surface area contributed by atoms with Gasteiger partial charge in [-0.3, -0.25) is 4.21 Å². The van der Waals surface area contributed by atoms with E-state index in [1.807, 2.05) is 6.07 Å². The quantitative estimate of drug-likeness (QED) is 0.865. The first-order valence-corrected chi connectivity index (χ1v) is 9.29. The molecule has 1 aliphatic rings. The number of benzene rings is 1. The highest BCUT2D eigenvalue weighted by molar-refractivity contribution is 7.84. The second-order valence-corrected chi connectivity index (χ2v) is 7.04. The standard InChI is InChI=1S/C16H21N3O3S/c1-23(21)16-17-11-19(18-16)9-13(20)10-22-15-8-4-6-12-5-2-3-7-14(12)15/h2-3,5,7,11,13,15,20H,4,6,8-10H2,1H3/t13-,15-,23+/m1/s1. The lowest BCUT2D eigenvalue weighted by Gasteiger charge is -2.26. The van der Waals surface area contributed by atoms with Gasteiger partial charge in [-0.25, -0.2) is 9.67 Å². The molecule has 6 nitrogen and oxygen atoms in total. The molecule has 0 unspecified atom stereocenters. The van der Waals surface area contributed by atoms with Gasteiger partial charge in [0.25, 0.3) is 0 Å². The van der Waals surface area contributed by atoms with Gasteiger partial charge in [0, 0.05) is 6.26 Å². The Morgan fingerprint density at radius 2 is 2.30 bits per heavy atom. The van der Waals surface area contributed by atoms with Crippen LogP contribution < -0.4 is 0 Å². The molecule has 2 aromatic rings. The number of aromatic nitrogens is 3. The van der Waals surface area contributed by atoms with Crippen molar-refractivity contribution in [2.45, 2.75) is 43.2 Å². The Kier molecular flexibility index (Phi) is 5.20. The van der Waals surface area contributed by atoms with E-state index in [2.05, 4.69) is 28.3 Å².